The van der Waals surface area contributed by atoms with E-state index in [4.69, 9.17) is 0 Å². The molecule has 0 aromatic rings. The van der Waals surface area contributed by atoms with Crippen molar-refractivity contribution in [3.63, 3.8) is 0 Å². The van der Waals surface area contributed by atoms with E-state index >= 15 is 0 Å². The summed E-state index contributed by atoms with van der Waals surface area (Å²) in [5.41, 5.74) is 5.17. The molecule has 0 amide bonds. The van der Waals surface area contributed by atoms with E-state index in [0.717, 1.165) is 0 Å². The zero-order chi connectivity index (χ0) is 13.6. The first-order valence-electron chi connectivity index (χ1n) is 6.24. The lowest BCUT2D eigenvalue weighted by molar-refractivity contribution is 1.14. The molecule has 0 radical (unpaired) electrons. The Balaban J connectivity index is 5.16. The Hall–Kier alpha value is -0.823. The highest BCUT2D eigenvalue weighted by molar-refractivity contribution is 6.82. The number of hydrogen-bond acceptors (Lipinski definition) is 0. The van der Waals surface area contributed by atoms with Crippen molar-refractivity contribution in [2.45, 2.75) is 51.9 Å². The Morgan fingerprint density at radius 1 is 0.588 bits per heavy atom. The molecule has 0 aliphatic rings. The van der Waals surface area contributed by atoms with Crippen molar-refractivity contribution < 1.29 is 0 Å². The maximum Gasteiger partial charge on any atom is 0.0696 e. The molecular formula is C16H28Si. The van der Waals surface area contributed by atoms with Gasteiger partial charge >= 0.3 is 0 Å². The van der Waals surface area contributed by atoms with Gasteiger partial charge in [-0.2, -0.15) is 0 Å². The molecule has 0 nitrogen and oxygen atoms in total. The van der Waals surface area contributed by atoms with E-state index in [1.807, 2.05) is 0 Å². The molecule has 0 N–H and O–H groups in total. The first-order chi connectivity index (χ1) is 7.67. The fourth-order valence-corrected chi connectivity index (χ4v) is 8.81. The molecule has 0 rings (SSSR count). The van der Waals surface area contributed by atoms with Crippen LogP contribution >= 0.6 is 0 Å². The SMILES string of the molecule is C=C(C)C[Si](CC(=C)C)(CC(=C)C)CC(=C)C. The minimum absolute atomic E-state index is 1.17. The molecule has 0 atom stereocenters. The second-order valence-corrected chi connectivity index (χ2v) is 10.4. The molecule has 0 spiro atoms. The lowest BCUT2D eigenvalue weighted by Crippen LogP contribution is -2.34. The van der Waals surface area contributed by atoms with Crippen molar-refractivity contribution in [2.24, 2.45) is 0 Å². The van der Waals surface area contributed by atoms with Crippen molar-refractivity contribution in [2.75, 3.05) is 0 Å². The van der Waals surface area contributed by atoms with Crippen molar-refractivity contribution >= 4 is 8.07 Å². The van der Waals surface area contributed by atoms with E-state index in [1.54, 1.807) is 0 Å². The third-order valence-corrected chi connectivity index (χ3v) is 8.12. The predicted octanol–water partition coefficient (Wildman–Crippen LogP) is 5.74. The summed E-state index contributed by atoms with van der Waals surface area (Å²) < 4.78 is 0. The Morgan fingerprint density at radius 3 is 0.882 bits per heavy atom. The van der Waals surface area contributed by atoms with Crippen LogP contribution in [0.5, 0.6) is 0 Å². The quantitative estimate of drug-likeness (QED) is 0.379. The van der Waals surface area contributed by atoms with Crippen LogP contribution in [0.1, 0.15) is 27.7 Å². The van der Waals surface area contributed by atoms with Crippen LogP contribution in [0.2, 0.25) is 24.2 Å². The minimum Gasteiger partial charge on any atom is -0.100 e. The van der Waals surface area contributed by atoms with E-state index in [9.17, 15) is 0 Å². The summed E-state index contributed by atoms with van der Waals surface area (Å²) in [6.07, 6.45) is 0. The first-order valence-corrected chi connectivity index (χ1v) is 9.07. The first kappa shape index (κ1) is 16.2. The lowest BCUT2D eigenvalue weighted by Gasteiger charge is -2.33. The van der Waals surface area contributed by atoms with Gasteiger partial charge in [0.15, 0.2) is 0 Å². The Kier molecular flexibility index (Phi) is 6.47. The minimum atomic E-state index is -1.45. The van der Waals surface area contributed by atoms with Gasteiger partial charge in [0.05, 0.1) is 8.07 Å². The maximum atomic E-state index is 4.11. The third kappa shape index (κ3) is 7.17. The van der Waals surface area contributed by atoms with Crippen molar-refractivity contribution in [1.29, 1.82) is 0 Å². The Bertz CT molecular complexity index is 264. The van der Waals surface area contributed by atoms with E-state index in [1.165, 1.54) is 46.5 Å². The molecule has 0 aliphatic heterocycles. The van der Waals surface area contributed by atoms with Gasteiger partial charge in [-0.05, 0) is 51.9 Å². The second kappa shape index (κ2) is 6.80. The van der Waals surface area contributed by atoms with E-state index in [-0.39, 0.29) is 0 Å². The topological polar surface area (TPSA) is 0 Å². The summed E-state index contributed by atoms with van der Waals surface area (Å²) >= 11 is 0. The van der Waals surface area contributed by atoms with Crippen LogP contribution in [0, 0.1) is 0 Å². The summed E-state index contributed by atoms with van der Waals surface area (Å²) in [4.78, 5) is 0. The van der Waals surface area contributed by atoms with Gasteiger partial charge in [0.1, 0.15) is 0 Å². The second-order valence-electron chi connectivity index (χ2n) is 6.04. The molecule has 0 fully saturated rings. The van der Waals surface area contributed by atoms with Gasteiger partial charge in [-0.1, -0.05) is 22.3 Å². The molecule has 0 saturated carbocycles. The molecule has 0 unspecified atom stereocenters. The average Bonchev–Trinajstić information content (AvgIpc) is 1.95. The van der Waals surface area contributed by atoms with Gasteiger partial charge in [-0.15, -0.1) is 26.3 Å². The van der Waals surface area contributed by atoms with Gasteiger partial charge in [-0.3, -0.25) is 0 Å². The molecule has 0 aliphatic carbocycles. The predicted molar refractivity (Wildman–Crippen MR) is 84.2 cm³/mol. The normalized spacial score (nSPS) is 11.1. The van der Waals surface area contributed by atoms with E-state index in [2.05, 4.69) is 54.0 Å². The number of rotatable bonds is 8. The van der Waals surface area contributed by atoms with Crippen LogP contribution in [0.4, 0.5) is 0 Å². The summed E-state index contributed by atoms with van der Waals surface area (Å²) in [6, 6.07) is 4.66. The zero-order valence-electron chi connectivity index (χ0n) is 12.2. The summed E-state index contributed by atoms with van der Waals surface area (Å²) in [6.45, 7) is 25.0. The largest absolute Gasteiger partial charge is 0.100 e. The van der Waals surface area contributed by atoms with Crippen LogP contribution in [0.3, 0.4) is 0 Å². The summed E-state index contributed by atoms with van der Waals surface area (Å²) in [5.74, 6) is 0. The number of allylic oxidation sites excluding steroid dienone is 4. The van der Waals surface area contributed by atoms with Crippen LogP contribution in [0.25, 0.3) is 0 Å². The smallest absolute Gasteiger partial charge is 0.0696 e. The zero-order valence-corrected chi connectivity index (χ0v) is 13.2. The average molecular weight is 248 g/mol. The number of hydrogen-bond donors (Lipinski definition) is 0. The molecule has 1 heteroatoms. The molecule has 17 heavy (non-hydrogen) atoms. The van der Waals surface area contributed by atoms with Crippen LogP contribution in [-0.2, 0) is 0 Å². The van der Waals surface area contributed by atoms with Gasteiger partial charge < -0.3 is 0 Å². The fraction of sp³-hybridized carbons (Fsp3) is 0.500. The molecule has 0 heterocycles. The molecule has 0 aromatic heterocycles. The van der Waals surface area contributed by atoms with Gasteiger partial charge in [0, 0.05) is 0 Å². The highest BCUT2D eigenvalue weighted by atomic mass is 28.3. The molecule has 0 aromatic carbocycles. The molecule has 96 valence electrons. The molecular weight excluding hydrogens is 220 g/mol. The Labute approximate surface area is 109 Å². The van der Waals surface area contributed by atoms with Crippen molar-refractivity contribution in [3.8, 4) is 0 Å². The van der Waals surface area contributed by atoms with Crippen LogP contribution in [0.15, 0.2) is 48.6 Å². The van der Waals surface area contributed by atoms with Crippen LogP contribution < -0.4 is 0 Å². The molecule has 0 bridgehead atoms. The van der Waals surface area contributed by atoms with Gasteiger partial charge in [-0.25, -0.2) is 0 Å². The van der Waals surface area contributed by atoms with Gasteiger partial charge in [0.25, 0.3) is 0 Å². The molecule has 0 saturated heterocycles. The van der Waals surface area contributed by atoms with Crippen LogP contribution in [-0.4, -0.2) is 8.07 Å². The highest BCUT2D eigenvalue weighted by Crippen LogP contribution is 2.35. The standard InChI is InChI=1S/C16H28Si/c1-13(2)9-17(10-14(3)4,11-15(5)6)12-16(7)8/h1,3,5,7,9-12H2,2,4,6,8H3. The summed E-state index contributed by atoms with van der Waals surface area (Å²) in [7, 11) is -1.45. The van der Waals surface area contributed by atoms with E-state index < -0.39 is 8.07 Å². The fourth-order valence-electron chi connectivity index (χ4n) is 2.94. The van der Waals surface area contributed by atoms with Crippen molar-refractivity contribution in [3.05, 3.63) is 48.6 Å². The maximum absolute atomic E-state index is 4.11. The lowest BCUT2D eigenvalue weighted by atomic mass is 10.4. The Morgan fingerprint density at radius 2 is 0.765 bits per heavy atom. The highest BCUT2D eigenvalue weighted by Gasteiger charge is 2.32. The monoisotopic (exact) mass is 248 g/mol. The van der Waals surface area contributed by atoms with Crippen molar-refractivity contribution in [1.82, 2.24) is 0 Å². The van der Waals surface area contributed by atoms with E-state index in [0.29, 0.717) is 0 Å². The van der Waals surface area contributed by atoms with Gasteiger partial charge in [0.2, 0.25) is 0 Å². The third-order valence-electron chi connectivity index (χ3n) is 2.71. The summed E-state index contributed by atoms with van der Waals surface area (Å²) in [5, 5.41) is 0.